The zero-order valence-corrected chi connectivity index (χ0v) is 12.6. The van der Waals surface area contributed by atoms with Crippen LogP contribution < -0.4 is 9.47 Å². The third-order valence-corrected chi connectivity index (χ3v) is 4.24. The third kappa shape index (κ3) is 3.04. The number of thiophene rings is 1. The molecule has 0 saturated heterocycles. The molecule has 0 amide bonds. The molecule has 1 aromatic carbocycles. The Bertz CT molecular complexity index is 791. The Labute approximate surface area is 135 Å². The maximum Gasteiger partial charge on any atom is 0.336 e. The molecule has 0 saturated carbocycles. The van der Waals surface area contributed by atoms with Crippen molar-refractivity contribution in [2.24, 2.45) is 0 Å². The highest BCUT2D eigenvalue weighted by atomic mass is 32.1. The predicted molar refractivity (Wildman–Crippen MR) is 82.8 cm³/mol. The number of carboxylic acid groups (broad SMARTS) is 2. The first kappa shape index (κ1) is 15.1. The van der Waals surface area contributed by atoms with Crippen LogP contribution in [0.15, 0.2) is 41.3 Å². The summed E-state index contributed by atoms with van der Waals surface area (Å²) in [4.78, 5) is 24.1. The zero-order chi connectivity index (χ0) is 16.4. The molecule has 7 heteroatoms. The first-order valence-electron chi connectivity index (χ1n) is 6.68. The van der Waals surface area contributed by atoms with Gasteiger partial charge in [0.25, 0.3) is 0 Å². The summed E-state index contributed by atoms with van der Waals surface area (Å²) < 4.78 is 10.4. The Morgan fingerprint density at radius 2 is 1.87 bits per heavy atom. The minimum absolute atomic E-state index is 0.0447. The molecule has 2 N–H and O–H groups in total. The molecule has 0 aliphatic carbocycles. The van der Waals surface area contributed by atoms with Crippen LogP contribution in [0.2, 0.25) is 0 Å². The minimum atomic E-state index is -1.29. The molecule has 0 fully saturated rings. The van der Waals surface area contributed by atoms with Crippen LogP contribution in [0.5, 0.6) is 11.5 Å². The second kappa shape index (κ2) is 6.13. The number of fused-ring (bicyclic) bond motifs is 1. The van der Waals surface area contributed by atoms with Gasteiger partial charge in [-0.3, -0.25) is 0 Å². The van der Waals surface area contributed by atoms with Gasteiger partial charge >= 0.3 is 11.9 Å². The Morgan fingerprint density at radius 1 is 1.09 bits per heavy atom. The highest BCUT2D eigenvalue weighted by Gasteiger charge is 2.24. The lowest BCUT2D eigenvalue weighted by Crippen LogP contribution is -2.12. The van der Waals surface area contributed by atoms with E-state index < -0.39 is 11.9 Å². The molecule has 0 atom stereocenters. The first-order chi connectivity index (χ1) is 11.1. The maximum atomic E-state index is 11.7. The SMILES string of the molecule is O=C(O)/C(Cc1cccs1)=C(\C(=O)O)c1ccc2c(c1)OCO2. The van der Waals surface area contributed by atoms with Gasteiger partial charge in [0, 0.05) is 11.3 Å². The molecular weight excluding hydrogens is 320 g/mol. The van der Waals surface area contributed by atoms with E-state index in [1.165, 1.54) is 23.5 Å². The van der Waals surface area contributed by atoms with Crippen molar-refractivity contribution < 1.29 is 29.3 Å². The van der Waals surface area contributed by atoms with E-state index in [4.69, 9.17) is 9.47 Å². The maximum absolute atomic E-state index is 11.7. The largest absolute Gasteiger partial charge is 0.478 e. The van der Waals surface area contributed by atoms with E-state index in [1.54, 1.807) is 18.2 Å². The summed E-state index contributed by atoms with van der Waals surface area (Å²) in [7, 11) is 0. The van der Waals surface area contributed by atoms with Gasteiger partial charge in [0.2, 0.25) is 6.79 Å². The molecule has 118 valence electrons. The molecular formula is C16H12O6S. The number of rotatable bonds is 5. The van der Waals surface area contributed by atoms with Crippen molar-refractivity contribution in [1.82, 2.24) is 0 Å². The fourth-order valence-corrected chi connectivity index (χ4v) is 3.05. The molecule has 2 heterocycles. The van der Waals surface area contributed by atoms with Crippen LogP contribution in [0.4, 0.5) is 0 Å². The van der Waals surface area contributed by atoms with Gasteiger partial charge < -0.3 is 19.7 Å². The minimum Gasteiger partial charge on any atom is -0.478 e. The van der Waals surface area contributed by atoms with E-state index in [1.807, 2.05) is 5.38 Å². The molecule has 0 unspecified atom stereocenters. The summed E-state index contributed by atoms with van der Waals surface area (Å²) >= 11 is 1.38. The summed E-state index contributed by atoms with van der Waals surface area (Å²) in [5.41, 5.74) is -0.140. The van der Waals surface area contributed by atoms with Gasteiger partial charge in [-0.1, -0.05) is 12.1 Å². The van der Waals surface area contributed by atoms with Gasteiger partial charge in [-0.25, -0.2) is 9.59 Å². The lowest BCUT2D eigenvalue weighted by Gasteiger charge is -2.09. The van der Waals surface area contributed by atoms with Crippen molar-refractivity contribution in [2.45, 2.75) is 6.42 Å². The van der Waals surface area contributed by atoms with E-state index >= 15 is 0 Å². The number of hydrogen-bond acceptors (Lipinski definition) is 5. The zero-order valence-electron chi connectivity index (χ0n) is 11.8. The first-order valence-corrected chi connectivity index (χ1v) is 7.56. The van der Waals surface area contributed by atoms with Crippen LogP contribution in [0, 0.1) is 0 Å². The van der Waals surface area contributed by atoms with E-state index in [9.17, 15) is 19.8 Å². The second-order valence-electron chi connectivity index (χ2n) is 4.79. The Hall–Kier alpha value is -2.80. The van der Waals surface area contributed by atoms with Crippen molar-refractivity contribution in [3.8, 4) is 11.5 Å². The van der Waals surface area contributed by atoms with E-state index in [0.29, 0.717) is 11.5 Å². The van der Waals surface area contributed by atoms with Crippen molar-refractivity contribution in [3.05, 3.63) is 51.7 Å². The topological polar surface area (TPSA) is 93.1 Å². The van der Waals surface area contributed by atoms with Crippen molar-refractivity contribution in [1.29, 1.82) is 0 Å². The fourth-order valence-electron chi connectivity index (χ4n) is 2.34. The summed E-state index contributed by atoms with van der Waals surface area (Å²) in [6.07, 6.45) is 0.0447. The predicted octanol–water partition coefficient (Wildman–Crippen LogP) is 2.64. The number of aliphatic carboxylic acids is 2. The smallest absolute Gasteiger partial charge is 0.336 e. The van der Waals surface area contributed by atoms with Crippen LogP contribution in [0.1, 0.15) is 10.4 Å². The van der Waals surface area contributed by atoms with E-state index in [-0.39, 0.29) is 29.9 Å². The normalized spacial score (nSPS) is 13.6. The number of carboxylic acids is 2. The molecule has 2 aromatic rings. The molecule has 1 aliphatic rings. The Balaban J connectivity index is 2.10. The van der Waals surface area contributed by atoms with Gasteiger partial charge in [0.05, 0.1) is 11.1 Å². The summed E-state index contributed by atoms with van der Waals surface area (Å²) in [5.74, 6) is -1.64. The molecule has 1 aromatic heterocycles. The summed E-state index contributed by atoms with van der Waals surface area (Å²) in [6, 6.07) is 8.15. The monoisotopic (exact) mass is 332 g/mol. The molecule has 3 rings (SSSR count). The molecule has 0 spiro atoms. The van der Waals surface area contributed by atoms with Crippen molar-refractivity contribution >= 4 is 28.8 Å². The van der Waals surface area contributed by atoms with Crippen LogP contribution in [0.25, 0.3) is 5.57 Å². The second-order valence-corrected chi connectivity index (χ2v) is 5.82. The lowest BCUT2D eigenvalue weighted by atomic mass is 9.97. The van der Waals surface area contributed by atoms with E-state index in [2.05, 4.69) is 0 Å². The Kier molecular flexibility index (Phi) is 4.03. The quantitative estimate of drug-likeness (QED) is 0.818. The van der Waals surface area contributed by atoms with Crippen molar-refractivity contribution in [3.63, 3.8) is 0 Å². The summed E-state index contributed by atoms with van der Waals surface area (Å²) in [5, 5.41) is 20.8. The molecule has 23 heavy (non-hydrogen) atoms. The molecule has 1 aliphatic heterocycles. The standard InChI is InChI=1S/C16H12O6S/c17-15(18)11(7-10-2-1-5-23-10)14(16(19)20)9-3-4-12-13(6-9)22-8-21-12/h1-6H,7-8H2,(H,17,18)(H,19,20)/b14-11-. The fraction of sp³-hybridized carbons (Fsp3) is 0.125. The van der Waals surface area contributed by atoms with Gasteiger partial charge in [0.15, 0.2) is 11.5 Å². The van der Waals surface area contributed by atoms with E-state index in [0.717, 1.165) is 4.88 Å². The third-order valence-electron chi connectivity index (χ3n) is 3.37. The average Bonchev–Trinajstić information content (AvgIpc) is 3.16. The number of hydrogen-bond donors (Lipinski definition) is 2. The van der Waals surface area contributed by atoms with Crippen LogP contribution in [-0.2, 0) is 16.0 Å². The molecule has 0 radical (unpaired) electrons. The van der Waals surface area contributed by atoms with Gasteiger partial charge in [-0.2, -0.15) is 0 Å². The van der Waals surface area contributed by atoms with Crippen LogP contribution in [0.3, 0.4) is 0 Å². The number of benzene rings is 1. The molecule has 6 nitrogen and oxygen atoms in total. The Morgan fingerprint density at radius 3 is 2.52 bits per heavy atom. The molecule has 0 bridgehead atoms. The van der Waals surface area contributed by atoms with Gasteiger partial charge in [-0.05, 0) is 29.1 Å². The highest BCUT2D eigenvalue weighted by Crippen LogP contribution is 2.35. The van der Waals surface area contributed by atoms with Gasteiger partial charge in [-0.15, -0.1) is 11.3 Å². The number of carbonyl (C=O) groups is 2. The van der Waals surface area contributed by atoms with Crippen molar-refractivity contribution in [2.75, 3.05) is 6.79 Å². The van der Waals surface area contributed by atoms with Crippen LogP contribution in [-0.4, -0.2) is 28.9 Å². The average molecular weight is 332 g/mol. The highest BCUT2D eigenvalue weighted by molar-refractivity contribution is 7.09. The summed E-state index contributed by atoms with van der Waals surface area (Å²) in [6.45, 7) is 0.0614. The lowest BCUT2D eigenvalue weighted by molar-refractivity contribution is -0.134. The number of ether oxygens (including phenoxy) is 2. The van der Waals surface area contributed by atoms with Crippen LogP contribution >= 0.6 is 11.3 Å². The van der Waals surface area contributed by atoms with Gasteiger partial charge in [0.1, 0.15) is 0 Å².